The van der Waals surface area contributed by atoms with Crippen LogP contribution >= 0.6 is 0 Å². The van der Waals surface area contributed by atoms with Gasteiger partial charge in [0.1, 0.15) is 18.2 Å². The molecule has 7 heteroatoms. The zero-order valence-corrected chi connectivity index (χ0v) is 13.4. The van der Waals surface area contributed by atoms with Gasteiger partial charge >= 0.3 is 0 Å². The Bertz CT molecular complexity index is 865. The number of fused-ring (bicyclic) bond motifs is 1. The molecule has 1 aromatic rings. The van der Waals surface area contributed by atoms with Gasteiger partial charge in [0, 0.05) is 12.0 Å². The highest BCUT2D eigenvalue weighted by Crippen LogP contribution is 2.36. The summed E-state index contributed by atoms with van der Waals surface area (Å²) in [5, 5.41) is 13.7. The van der Waals surface area contributed by atoms with Crippen molar-refractivity contribution in [3.8, 4) is 6.07 Å². The Labute approximate surface area is 144 Å². The quantitative estimate of drug-likeness (QED) is 0.881. The van der Waals surface area contributed by atoms with Crippen LogP contribution in [0.4, 0.5) is 4.39 Å². The molecule has 1 aromatic carbocycles. The lowest BCUT2D eigenvalue weighted by molar-refractivity contribution is -0.125. The molecule has 1 unspecified atom stereocenters. The lowest BCUT2D eigenvalue weighted by Gasteiger charge is -2.42. The van der Waals surface area contributed by atoms with Crippen molar-refractivity contribution in [3.63, 3.8) is 0 Å². The van der Waals surface area contributed by atoms with E-state index in [4.69, 9.17) is 5.26 Å². The SMILES string of the molecule is N#Cc1ccc(C2(NC(=O)CC3CC3)C=CC=C3N=CNN32)cc1F. The number of rotatable bonds is 4. The summed E-state index contributed by atoms with van der Waals surface area (Å²) in [7, 11) is 0. The Kier molecular flexibility index (Phi) is 3.53. The molecule has 0 saturated heterocycles. The van der Waals surface area contributed by atoms with E-state index in [0.29, 0.717) is 23.7 Å². The summed E-state index contributed by atoms with van der Waals surface area (Å²) >= 11 is 0. The normalized spacial score (nSPS) is 23.5. The smallest absolute Gasteiger partial charge is 0.222 e. The summed E-state index contributed by atoms with van der Waals surface area (Å²) in [6.45, 7) is 0. The number of nitriles is 1. The van der Waals surface area contributed by atoms with Gasteiger partial charge in [-0.15, -0.1) is 0 Å². The molecule has 2 heterocycles. The molecule has 1 atom stereocenters. The number of benzene rings is 1. The van der Waals surface area contributed by atoms with Crippen molar-refractivity contribution in [1.29, 1.82) is 5.26 Å². The number of allylic oxidation sites excluding steroid dienone is 2. The van der Waals surface area contributed by atoms with Crippen molar-refractivity contribution in [3.05, 3.63) is 59.2 Å². The summed E-state index contributed by atoms with van der Waals surface area (Å²) in [4.78, 5) is 16.7. The van der Waals surface area contributed by atoms with E-state index in [1.54, 1.807) is 29.3 Å². The van der Waals surface area contributed by atoms with Gasteiger partial charge in [-0.2, -0.15) is 5.26 Å². The lowest BCUT2D eigenvalue weighted by atomic mass is 9.94. The Morgan fingerprint density at radius 1 is 1.52 bits per heavy atom. The van der Waals surface area contributed by atoms with Crippen molar-refractivity contribution >= 4 is 12.2 Å². The fraction of sp³-hybridized carbons (Fsp3) is 0.278. The first kappa shape index (κ1) is 15.4. The van der Waals surface area contributed by atoms with E-state index in [1.165, 1.54) is 18.5 Å². The molecule has 0 spiro atoms. The van der Waals surface area contributed by atoms with Crippen LogP contribution in [0.25, 0.3) is 0 Å². The van der Waals surface area contributed by atoms with Gasteiger partial charge in [0.25, 0.3) is 0 Å². The number of hydrazine groups is 1. The van der Waals surface area contributed by atoms with Crippen LogP contribution < -0.4 is 10.7 Å². The van der Waals surface area contributed by atoms with Gasteiger partial charge in [-0.3, -0.25) is 10.2 Å². The van der Waals surface area contributed by atoms with E-state index in [0.717, 1.165) is 12.8 Å². The third-order valence-electron chi connectivity index (χ3n) is 4.58. The number of aliphatic imine (C=N–C) groups is 1. The second kappa shape index (κ2) is 5.74. The van der Waals surface area contributed by atoms with E-state index in [1.807, 2.05) is 6.07 Å². The maximum absolute atomic E-state index is 14.2. The van der Waals surface area contributed by atoms with Crippen LogP contribution in [0.5, 0.6) is 0 Å². The first-order valence-corrected chi connectivity index (χ1v) is 8.12. The van der Waals surface area contributed by atoms with Crippen molar-refractivity contribution in [2.24, 2.45) is 10.9 Å². The zero-order chi connectivity index (χ0) is 17.4. The highest BCUT2D eigenvalue weighted by Gasteiger charge is 2.43. The van der Waals surface area contributed by atoms with Gasteiger partial charge in [-0.25, -0.2) is 14.4 Å². The van der Waals surface area contributed by atoms with Crippen LogP contribution in [0.3, 0.4) is 0 Å². The Morgan fingerprint density at radius 3 is 3.08 bits per heavy atom. The first-order chi connectivity index (χ1) is 12.1. The standard InChI is InChI=1S/C18H16FN5O/c19-15-9-14(6-5-13(15)10-20)18(23-17(25)8-12-3-4-12)7-1-2-16-21-11-22-24(16)18/h1-2,5-7,9,11-12H,3-4,8H2,(H,21,22)(H,23,25). The molecule has 4 rings (SSSR count). The number of amides is 1. The molecule has 0 bridgehead atoms. The largest absolute Gasteiger partial charge is 0.325 e. The van der Waals surface area contributed by atoms with Crippen LogP contribution in [-0.4, -0.2) is 17.3 Å². The number of carbonyl (C=O) groups excluding carboxylic acids is 1. The Balaban J connectivity index is 1.75. The minimum Gasteiger partial charge on any atom is -0.325 e. The van der Waals surface area contributed by atoms with Crippen LogP contribution in [0.15, 0.2) is 47.2 Å². The van der Waals surface area contributed by atoms with E-state index < -0.39 is 11.5 Å². The molecule has 0 aromatic heterocycles. The molecule has 1 aliphatic carbocycles. The highest BCUT2D eigenvalue weighted by atomic mass is 19.1. The van der Waals surface area contributed by atoms with Crippen LogP contribution in [-0.2, 0) is 10.5 Å². The monoisotopic (exact) mass is 337 g/mol. The predicted octanol–water partition coefficient (Wildman–Crippen LogP) is 2.03. The summed E-state index contributed by atoms with van der Waals surface area (Å²) in [5.41, 5.74) is 2.35. The van der Waals surface area contributed by atoms with Crippen molar-refractivity contribution in [1.82, 2.24) is 15.8 Å². The van der Waals surface area contributed by atoms with Gasteiger partial charge in [0.15, 0.2) is 11.5 Å². The molecule has 25 heavy (non-hydrogen) atoms. The molecule has 6 nitrogen and oxygen atoms in total. The fourth-order valence-corrected chi connectivity index (χ4v) is 3.11. The zero-order valence-electron chi connectivity index (χ0n) is 13.4. The average Bonchev–Trinajstić information content (AvgIpc) is 3.27. The molecule has 126 valence electrons. The lowest BCUT2D eigenvalue weighted by Crippen LogP contribution is -2.59. The summed E-state index contributed by atoms with van der Waals surface area (Å²) in [5.74, 6) is 0.311. The average molecular weight is 337 g/mol. The van der Waals surface area contributed by atoms with Gasteiger partial charge < -0.3 is 5.32 Å². The molecule has 2 aliphatic heterocycles. The third-order valence-corrected chi connectivity index (χ3v) is 4.58. The number of hydrogen-bond acceptors (Lipinski definition) is 5. The number of carbonyl (C=O) groups is 1. The van der Waals surface area contributed by atoms with Crippen LogP contribution in [0, 0.1) is 23.1 Å². The van der Waals surface area contributed by atoms with Crippen LogP contribution in [0.1, 0.15) is 30.4 Å². The minimum atomic E-state index is -1.11. The van der Waals surface area contributed by atoms with Gasteiger partial charge in [-0.1, -0.05) is 12.1 Å². The molecule has 1 amide bonds. The number of hydrogen-bond donors (Lipinski definition) is 2. The van der Waals surface area contributed by atoms with E-state index in [2.05, 4.69) is 15.7 Å². The Hall–Kier alpha value is -3.14. The van der Waals surface area contributed by atoms with E-state index in [-0.39, 0.29) is 11.5 Å². The summed E-state index contributed by atoms with van der Waals surface area (Å²) in [6.07, 6.45) is 9.45. The molecule has 3 aliphatic rings. The van der Waals surface area contributed by atoms with Gasteiger partial charge in [-0.05, 0) is 43.0 Å². The molecular formula is C18H16FN5O. The number of halogens is 1. The summed E-state index contributed by atoms with van der Waals surface area (Å²) in [6, 6.07) is 6.16. The van der Waals surface area contributed by atoms with Gasteiger partial charge in [0.05, 0.1) is 5.56 Å². The maximum atomic E-state index is 14.2. The molecule has 1 saturated carbocycles. The highest BCUT2D eigenvalue weighted by molar-refractivity contribution is 5.78. The number of nitrogens with zero attached hydrogens (tertiary/aromatic N) is 3. The van der Waals surface area contributed by atoms with Crippen molar-refractivity contribution < 1.29 is 9.18 Å². The molecule has 2 N–H and O–H groups in total. The maximum Gasteiger partial charge on any atom is 0.222 e. The third kappa shape index (κ3) is 2.66. The second-order valence-corrected chi connectivity index (χ2v) is 6.38. The van der Waals surface area contributed by atoms with Crippen molar-refractivity contribution in [2.45, 2.75) is 24.9 Å². The molecular weight excluding hydrogens is 321 g/mol. The fourth-order valence-electron chi connectivity index (χ4n) is 3.11. The predicted molar refractivity (Wildman–Crippen MR) is 89.0 cm³/mol. The number of nitrogens with one attached hydrogen (secondary N) is 2. The second-order valence-electron chi connectivity index (χ2n) is 6.38. The van der Waals surface area contributed by atoms with Crippen LogP contribution in [0.2, 0.25) is 0 Å². The van der Waals surface area contributed by atoms with E-state index in [9.17, 15) is 9.18 Å². The summed E-state index contributed by atoms with van der Waals surface area (Å²) < 4.78 is 14.2. The topological polar surface area (TPSA) is 80.5 Å². The minimum absolute atomic E-state index is 0.0376. The molecule has 1 fully saturated rings. The molecule has 0 radical (unpaired) electrons. The first-order valence-electron chi connectivity index (χ1n) is 8.12. The van der Waals surface area contributed by atoms with Gasteiger partial charge in [0.2, 0.25) is 5.91 Å². The van der Waals surface area contributed by atoms with Crippen molar-refractivity contribution in [2.75, 3.05) is 0 Å². The van der Waals surface area contributed by atoms with E-state index >= 15 is 0 Å². The Morgan fingerprint density at radius 2 is 2.36 bits per heavy atom.